The number of carbonyl (C=O) groups is 1. The smallest absolute Gasteiger partial charge is 0.434 e. The second-order valence-electron chi connectivity index (χ2n) is 7.93. The summed E-state index contributed by atoms with van der Waals surface area (Å²) in [6.07, 6.45) is 5.42. The monoisotopic (exact) mass is 434 g/mol. The molecule has 4 heteroatoms. The third kappa shape index (κ3) is 6.68. The van der Waals surface area contributed by atoms with E-state index in [1.54, 1.807) is 18.2 Å². The Balaban J connectivity index is 1.63. The van der Waals surface area contributed by atoms with E-state index in [-0.39, 0.29) is 5.82 Å². The van der Waals surface area contributed by atoms with Crippen molar-refractivity contribution in [3.05, 3.63) is 78.1 Å². The summed E-state index contributed by atoms with van der Waals surface area (Å²) >= 11 is 0. The van der Waals surface area contributed by atoms with Crippen molar-refractivity contribution in [1.29, 1.82) is 0 Å². The Labute approximate surface area is 190 Å². The lowest BCUT2D eigenvalue weighted by molar-refractivity contribution is 0.0978. The Morgan fingerprint density at radius 3 is 2.03 bits per heavy atom. The van der Waals surface area contributed by atoms with E-state index >= 15 is 0 Å². The standard InChI is InChI=1S/C28H31FO3/c1-3-5-7-8-21-9-18-26(27(29)20-21)24-12-10-22(11-13-24)23-14-16-25(17-15-23)32-28(30)31-19-6-4-2/h9-18,20H,3-8,19H2,1-2H3. The predicted molar refractivity (Wildman–Crippen MR) is 127 cm³/mol. The molecule has 0 atom stereocenters. The quantitative estimate of drug-likeness (QED) is 0.183. The third-order valence-corrected chi connectivity index (χ3v) is 5.41. The molecule has 0 bridgehead atoms. The molecule has 0 fully saturated rings. The van der Waals surface area contributed by atoms with Crippen LogP contribution in [0.1, 0.15) is 51.5 Å². The van der Waals surface area contributed by atoms with Gasteiger partial charge in [-0.1, -0.05) is 81.6 Å². The van der Waals surface area contributed by atoms with Gasteiger partial charge in [-0.25, -0.2) is 9.18 Å². The SMILES string of the molecule is CCCCCc1ccc(-c2ccc(-c3ccc(OC(=O)OCCCC)cc3)cc2)c(F)c1. The zero-order valence-corrected chi connectivity index (χ0v) is 18.9. The van der Waals surface area contributed by atoms with Gasteiger partial charge < -0.3 is 9.47 Å². The summed E-state index contributed by atoms with van der Waals surface area (Å²) in [6, 6.07) is 20.6. The van der Waals surface area contributed by atoms with Crippen molar-refractivity contribution in [2.24, 2.45) is 0 Å². The normalized spacial score (nSPS) is 10.7. The van der Waals surface area contributed by atoms with Gasteiger partial charge in [-0.05, 0) is 59.7 Å². The summed E-state index contributed by atoms with van der Waals surface area (Å²) in [5.74, 6) is 0.257. The molecule has 0 unspecified atom stereocenters. The maximum atomic E-state index is 14.7. The Morgan fingerprint density at radius 1 is 0.781 bits per heavy atom. The molecular weight excluding hydrogens is 403 g/mol. The fraction of sp³-hybridized carbons (Fsp3) is 0.321. The van der Waals surface area contributed by atoms with Gasteiger partial charge in [0.1, 0.15) is 11.6 Å². The molecule has 0 amide bonds. The molecule has 3 nitrogen and oxygen atoms in total. The Morgan fingerprint density at radius 2 is 1.41 bits per heavy atom. The number of hydrogen-bond acceptors (Lipinski definition) is 3. The number of halogens is 1. The average Bonchev–Trinajstić information content (AvgIpc) is 2.80. The van der Waals surface area contributed by atoms with Crippen molar-refractivity contribution in [2.45, 2.75) is 52.4 Å². The number of carbonyl (C=O) groups excluding carboxylic acids is 1. The summed E-state index contributed by atoms with van der Waals surface area (Å²) < 4.78 is 24.8. The van der Waals surface area contributed by atoms with Gasteiger partial charge in [0, 0.05) is 5.56 Å². The molecule has 0 saturated carbocycles. The van der Waals surface area contributed by atoms with Crippen LogP contribution in [0.3, 0.4) is 0 Å². The number of ether oxygens (including phenoxy) is 2. The van der Waals surface area contributed by atoms with Crippen LogP contribution in [0.2, 0.25) is 0 Å². The Kier molecular flexibility index (Phi) is 8.85. The van der Waals surface area contributed by atoms with Crippen molar-refractivity contribution in [3.63, 3.8) is 0 Å². The third-order valence-electron chi connectivity index (χ3n) is 5.41. The molecule has 0 aliphatic carbocycles. The maximum absolute atomic E-state index is 14.7. The van der Waals surface area contributed by atoms with E-state index in [4.69, 9.17) is 9.47 Å². The van der Waals surface area contributed by atoms with Gasteiger partial charge in [-0.2, -0.15) is 0 Å². The van der Waals surface area contributed by atoms with Crippen molar-refractivity contribution in [2.75, 3.05) is 6.61 Å². The minimum Gasteiger partial charge on any atom is -0.434 e. The van der Waals surface area contributed by atoms with E-state index in [1.807, 2.05) is 55.5 Å². The van der Waals surface area contributed by atoms with Gasteiger partial charge in [-0.3, -0.25) is 0 Å². The fourth-order valence-corrected chi connectivity index (χ4v) is 3.51. The van der Waals surface area contributed by atoms with Crippen LogP contribution in [0.25, 0.3) is 22.3 Å². The zero-order chi connectivity index (χ0) is 22.8. The molecule has 0 spiro atoms. The van der Waals surface area contributed by atoms with Crippen LogP contribution in [0.4, 0.5) is 9.18 Å². The molecule has 168 valence electrons. The number of aryl methyl sites for hydroxylation is 1. The first kappa shape index (κ1) is 23.5. The second kappa shape index (κ2) is 12.0. The van der Waals surface area contributed by atoms with E-state index in [0.29, 0.717) is 17.9 Å². The van der Waals surface area contributed by atoms with Gasteiger partial charge in [0.15, 0.2) is 0 Å². The van der Waals surface area contributed by atoms with Gasteiger partial charge in [0.25, 0.3) is 0 Å². The molecule has 0 radical (unpaired) electrons. The van der Waals surface area contributed by atoms with Crippen LogP contribution < -0.4 is 4.74 Å². The van der Waals surface area contributed by atoms with Gasteiger partial charge in [0.05, 0.1) is 6.61 Å². The van der Waals surface area contributed by atoms with Gasteiger partial charge in [0.2, 0.25) is 0 Å². The molecular formula is C28H31FO3. The van der Waals surface area contributed by atoms with Crippen LogP contribution in [0.15, 0.2) is 66.7 Å². The number of unbranched alkanes of at least 4 members (excludes halogenated alkanes) is 3. The minimum absolute atomic E-state index is 0.181. The Bertz CT molecular complexity index is 994. The predicted octanol–water partition coefficient (Wildman–Crippen LogP) is 8.21. The summed E-state index contributed by atoms with van der Waals surface area (Å²) in [4.78, 5) is 11.7. The first-order valence-corrected chi connectivity index (χ1v) is 11.4. The van der Waals surface area contributed by atoms with Crippen LogP contribution in [-0.2, 0) is 11.2 Å². The lowest BCUT2D eigenvalue weighted by atomic mass is 9.98. The molecule has 3 aromatic rings. The van der Waals surface area contributed by atoms with Crippen LogP contribution in [-0.4, -0.2) is 12.8 Å². The molecule has 3 aromatic carbocycles. The highest BCUT2D eigenvalue weighted by molar-refractivity contribution is 5.71. The molecule has 0 aliphatic rings. The maximum Gasteiger partial charge on any atom is 0.513 e. The molecule has 0 saturated heterocycles. The van der Waals surface area contributed by atoms with Crippen molar-refractivity contribution >= 4 is 6.16 Å². The van der Waals surface area contributed by atoms with Crippen LogP contribution in [0, 0.1) is 5.82 Å². The molecule has 0 aromatic heterocycles. The zero-order valence-electron chi connectivity index (χ0n) is 18.9. The summed E-state index contributed by atoms with van der Waals surface area (Å²) in [5.41, 5.74) is 4.49. The van der Waals surface area contributed by atoms with E-state index < -0.39 is 6.16 Å². The molecule has 0 heterocycles. The minimum atomic E-state index is -0.686. The molecule has 3 rings (SSSR count). The average molecular weight is 435 g/mol. The number of benzene rings is 3. The van der Waals surface area contributed by atoms with E-state index in [1.165, 1.54) is 6.42 Å². The van der Waals surface area contributed by atoms with E-state index in [0.717, 1.165) is 54.4 Å². The first-order chi connectivity index (χ1) is 15.6. The lowest BCUT2D eigenvalue weighted by Crippen LogP contribution is -2.11. The highest BCUT2D eigenvalue weighted by Gasteiger charge is 2.09. The fourth-order valence-electron chi connectivity index (χ4n) is 3.51. The topological polar surface area (TPSA) is 35.5 Å². The highest BCUT2D eigenvalue weighted by Crippen LogP contribution is 2.28. The second-order valence-corrected chi connectivity index (χ2v) is 7.93. The number of rotatable bonds is 10. The molecule has 0 aliphatic heterocycles. The van der Waals surface area contributed by atoms with Gasteiger partial charge >= 0.3 is 6.16 Å². The molecule has 32 heavy (non-hydrogen) atoms. The van der Waals surface area contributed by atoms with Crippen LogP contribution >= 0.6 is 0 Å². The van der Waals surface area contributed by atoms with Crippen molar-refractivity contribution in [3.8, 4) is 28.0 Å². The largest absolute Gasteiger partial charge is 0.513 e. The lowest BCUT2D eigenvalue weighted by Gasteiger charge is -2.09. The summed E-state index contributed by atoms with van der Waals surface area (Å²) in [5, 5.41) is 0. The van der Waals surface area contributed by atoms with E-state index in [2.05, 4.69) is 6.92 Å². The summed E-state index contributed by atoms with van der Waals surface area (Å²) in [6.45, 7) is 4.56. The van der Waals surface area contributed by atoms with Gasteiger partial charge in [-0.15, -0.1) is 0 Å². The first-order valence-electron chi connectivity index (χ1n) is 11.4. The van der Waals surface area contributed by atoms with Crippen molar-refractivity contribution < 1.29 is 18.7 Å². The van der Waals surface area contributed by atoms with E-state index in [9.17, 15) is 9.18 Å². The summed E-state index contributed by atoms with van der Waals surface area (Å²) in [7, 11) is 0. The molecule has 0 N–H and O–H groups in total. The van der Waals surface area contributed by atoms with Crippen molar-refractivity contribution in [1.82, 2.24) is 0 Å². The van der Waals surface area contributed by atoms with Crippen LogP contribution in [0.5, 0.6) is 5.75 Å². The number of hydrogen-bond donors (Lipinski definition) is 0. The Hall–Kier alpha value is -3.14. The highest BCUT2D eigenvalue weighted by atomic mass is 19.1.